The van der Waals surface area contributed by atoms with E-state index in [0.717, 1.165) is 16.5 Å². The molecule has 0 aliphatic heterocycles. The summed E-state index contributed by atoms with van der Waals surface area (Å²) < 4.78 is 19.3. The van der Waals surface area contributed by atoms with Crippen LogP contribution in [-0.2, 0) is 4.74 Å². The lowest BCUT2D eigenvalue weighted by Crippen LogP contribution is -2.16. The largest absolute Gasteiger partial charge is 0.462 e. The fourth-order valence-corrected chi connectivity index (χ4v) is 4.17. The third-order valence-corrected chi connectivity index (χ3v) is 5.38. The first kappa shape index (κ1) is 20.0. The van der Waals surface area contributed by atoms with Crippen molar-refractivity contribution in [3.63, 3.8) is 0 Å². The minimum atomic E-state index is -0.737. The number of amides is 1. The minimum absolute atomic E-state index is 0.00764. The fourth-order valence-electron chi connectivity index (χ4n) is 2.86. The van der Waals surface area contributed by atoms with Crippen molar-refractivity contribution in [2.45, 2.75) is 13.8 Å². The van der Waals surface area contributed by atoms with E-state index in [1.54, 1.807) is 6.92 Å². The first-order valence-corrected chi connectivity index (χ1v) is 9.74. The Kier molecular flexibility index (Phi) is 6.11. The molecule has 4 nitrogen and oxygen atoms in total. The highest BCUT2D eigenvalue weighted by Crippen LogP contribution is 2.40. The van der Waals surface area contributed by atoms with Crippen molar-refractivity contribution in [3.05, 3.63) is 75.4 Å². The number of esters is 1. The summed E-state index contributed by atoms with van der Waals surface area (Å²) in [7, 11) is 0. The molecule has 7 heteroatoms. The standard InChI is InChI=1S/C21H17ClFNO3S/c1-3-27-21(26)18-16(13-8-5-4-6-9-13)12(2)28-20(18)24-19(25)17-14(22)10-7-11-15(17)23/h4-11H,3H2,1-2H3,(H,24,25). The van der Waals surface area contributed by atoms with Crippen molar-refractivity contribution in [1.82, 2.24) is 0 Å². The number of halogens is 2. The number of anilines is 1. The van der Waals surface area contributed by atoms with Crippen LogP contribution in [0.1, 0.15) is 32.5 Å². The van der Waals surface area contributed by atoms with Crippen LogP contribution in [0.15, 0.2) is 48.5 Å². The highest BCUT2D eigenvalue weighted by molar-refractivity contribution is 7.17. The van der Waals surface area contributed by atoms with E-state index in [-0.39, 0.29) is 22.8 Å². The van der Waals surface area contributed by atoms with Gasteiger partial charge in [0.25, 0.3) is 5.91 Å². The molecule has 3 rings (SSSR count). The van der Waals surface area contributed by atoms with Gasteiger partial charge in [-0.05, 0) is 31.5 Å². The monoisotopic (exact) mass is 417 g/mol. The van der Waals surface area contributed by atoms with E-state index in [2.05, 4.69) is 5.32 Å². The number of aryl methyl sites for hydroxylation is 1. The molecule has 28 heavy (non-hydrogen) atoms. The van der Waals surface area contributed by atoms with Gasteiger partial charge in [0.15, 0.2) is 0 Å². The normalized spacial score (nSPS) is 10.6. The van der Waals surface area contributed by atoms with Crippen LogP contribution in [0.25, 0.3) is 11.1 Å². The summed E-state index contributed by atoms with van der Waals surface area (Å²) in [5.41, 5.74) is 1.48. The summed E-state index contributed by atoms with van der Waals surface area (Å²) in [5, 5.41) is 2.92. The fraction of sp³-hybridized carbons (Fsp3) is 0.143. The molecule has 1 heterocycles. The van der Waals surface area contributed by atoms with Crippen LogP contribution in [0, 0.1) is 12.7 Å². The topological polar surface area (TPSA) is 55.4 Å². The molecule has 0 fully saturated rings. The average molecular weight is 418 g/mol. The highest BCUT2D eigenvalue weighted by Gasteiger charge is 2.26. The Morgan fingerprint density at radius 1 is 1.11 bits per heavy atom. The summed E-state index contributed by atoms with van der Waals surface area (Å²) >= 11 is 7.21. The van der Waals surface area contributed by atoms with Gasteiger partial charge in [-0.3, -0.25) is 4.79 Å². The van der Waals surface area contributed by atoms with E-state index in [1.807, 2.05) is 37.3 Å². The van der Waals surface area contributed by atoms with Crippen LogP contribution in [0.4, 0.5) is 9.39 Å². The number of nitrogens with one attached hydrogen (secondary N) is 1. The number of carbonyl (C=O) groups is 2. The molecular formula is C21H17ClFNO3S. The predicted octanol–water partition coefficient (Wildman–Crippen LogP) is 5.95. The Hall–Kier alpha value is -2.70. The molecule has 0 aliphatic rings. The first-order valence-electron chi connectivity index (χ1n) is 8.55. The molecule has 0 unspecified atom stereocenters. The summed E-state index contributed by atoms with van der Waals surface area (Å²) in [6, 6.07) is 13.3. The van der Waals surface area contributed by atoms with E-state index >= 15 is 0 Å². The van der Waals surface area contributed by atoms with Gasteiger partial charge < -0.3 is 10.1 Å². The van der Waals surface area contributed by atoms with Crippen molar-refractivity contribution < 1.29 is 18.7 Å². The van der Waals surface area contributed by atoms with E-state index in [1.165, 1.54) is 23.5 Å². The first-order chi connectivity index (χ1) is 13.4. The van der Waals surface area contributed by atoms with Crippen LogP contribution < -0.4 is 5.32 Å². The van der Waals surface area contributed by atoms with E-state index in [9.17, 15) is 14.0 Å². The Morgan fingerprint density at radius 3 is 2.46 bits per heavy atom. The summed E-state index contributed by atoms with van der Waals surface area (Å²) in [4.78, 5) is 26.1. The highest BCUT2D eigenvalue weighted by atomic mass is 35.5. The Bertz CT molecular complexity index is 1010. The third-order valence-electron chi connectivity index (χ3n) is 4.04. The van der Waals surface area contributed by atoms with Gasteiger partial charge in [-0.1, -0.05) is 48.0 Å². The Balaban J connectivity index is 2.08. The zero-order valence-electron chi connectivity index (χ0n) is 15.2. The van der Waals surface area contributed by atoms with Crippen LogP contribution >= 0.6 is 22.9 Å². The number of hydrogen-bond donors (Lipinski definition) is 1. The van der Waals surface area contributed by atoms with Gasteiger partial charge in [0, 0.05) is 10.4 Å². The molecule has 0 spiro atoms. The minimum Gasteiger partial charge on any atom is -0.462 e. The smallest absolute Gasteiger partial charge is 0.341 e. The molecule has 0 radical (unpaired) electrons. The molecule has 1 N–H and O–H groups in total. The zero-order chi connectivity index (χ0) is 20.3. The molecule has 0 saturated heterocycles. The molecule has 1 aromatic heterocycles. The SMILES string of the molecule is CCOC(=O)c1c(NC(=O)c2c(F)cccc2Cl)sc(C)c1-c1ccccc1. The molecule has 0 bridgehead atoms. The average Bonchev–Trinajstić information content (AvgIpc) is 2.98. The van der Waals surface area contributed by atoms with E-state index < -0.39 is 17.7 Å². The van der Waals surface area contributed by atoms with Crippen LogP contribution in [0.2, 0.25) is 5.02 Å². The quantitative estimate of drug-likeness (QED) is 0.522. The third kappa shape index (κ3) is 3.93. The summed E-state index contributed by atoms with van der Waals surface area (Å²) in [6.07, 6.45) is 0. The second kappa shape index (κ2) is 8.54. The molecule has 144 valence electrons. The van der Waals surface area contributed by atoms with E-state index in [4.69, 9.17) is 16.3 Å². The maximum atomic E-state index is 14.1. The van der Waals surface area contributed by atoms with Gasteiger partial charge >= 0.3 is 5.97 Å². The summed E-state index contributed by atoms with van der Waals surface area (Å²) in [6.45, 7) is 3.74. The van der Waals surface area contributed by atoms with Crippen molar-refractivity contribution in [3.8, 4) is 11.1 Å². The number of hydrogen-bond acceptors (Lipinski definition) is 4. The lowest BCUT2D eigenvalue weighted by molar-refractivity contribution is 0.0529. The number of thiophene rings is 1. The predicted molar refractivity (Wildman–Crippen MR) is 110 cm³/mol. The Morgan fingerprint density at radius 2 is 1.82 bits per heavy atom. The second-order valence-corrected chi connectivity index (χ2v) is 7.51. The lowest BCUT2D eigenvalue weighted by atomic mass is 10.0. The molecular weight excluding hydrogens is 401 g/mol. The van der Waals surface area contributed by atoms with Gasteiger partial charge in [-0.15, -0.1) is 11.3 Å². The molecule has 0 atom stereocenters. The van der Waals surface area contributed by atoms with Crippen molar-refractivity contribution in [2.24, 2.45) is 0 Å². The van der Waals surface area contributed by atoms with Gasteiger partial charge in [0.05, 0.1) is 17.2 Å². The van der Waals surface area contributed by atoms with Crippen molar-refractivity contribution >= 4 is 39.8 Å². The number of rotatable bonds is 5. The molecule has 0 aliphatic carbocycles. The van der Waals surface area contributed by atoms with E-state index in [0.29, 0.717) is 10.6 Å². The summed E-state index contributed by atoms with van der Waals surface area (Å²) in [5.74, 6) is -2.02. The molecule has 0 saturated carbocycles. The lowest BCUT2D eigenvalue weighted by Gasteiger charge is -2.10. The van der Waals surface area contributed by atoms with Crippen LogP contribution in [0.5, 0.6) is 0 Å². The van der Waals surface area contributed by atoms with Gasteiger partial charge in [-0.25, -0.2) is 9.18 Å². The molecule has 2 aromatic carbocycles. The Labute approximate surface area is 170 Å². The van der Waals surface area contributed by atoms with Gasteiger partial charge in [-0.2, -0.15) is 0 Å². The van der Waals surface area contributed by atoms with Crippen LogP contribution in [0.3, 0.4) is 0 Å². The maximum absolute atomic E-state index is 14.1. The van der Waals surface area contributed by atoms with Crippen molar-refractivity contribution in [2.75, 3.05) is 11.9 Å². The van der Waals surface area contributed by atoms with Crippen LogP contribution in [-0.4, -0.2) is 18.5 Å². The number of ether oxygens (including phenoxy) is 1. The van der Waals surface area contributed by atoms with Gasteiger partial charge in [0.1, 0.15) is 16.4 Å². The second-order valence-electron chi connectivity index (χ2n) is 5.87. The number of benzene rings is 2. The molecule has 3 aromatic rings. The molecule has 1 amide bonds. The van der Waals surface area contributed by atoms with Gasteiger partial charge in [0.2, 0.25) is 0 Å². The number of carbonyl (C=O) groups excluding carboxylic acids is 2. The van der Waals surface area contributed by atoms with Crippen molar-refractivity contribution in [1.29, 1.82) is 0 Å². The zero-order valence-corrected chi connectivity index (χ0v) is 16.8. The maximum Gasteiger partial charge on any atom is 0.341 e.